The van der Waals surface area contributed by atoms with Crippen LogP contribution in [0.3, 0.4) is 0 Å². The van der Waals surface area contributed by atoms with Crippen LogP contribution in [-0.2, 0) is 13.2 Å². The van der Waals surface area contributed by atoms with Crippen LogP contribution in [0.4, 0.5) is 0 Å². The molecule has 17 heavy (non-hydrogen) atoms. The zero-order valence-corrected chi connectivity index (χ0v) is 9.42. The number of benzene rings is 1. The molecular weight excluding hydrogens is 222 g/mol. The van der Waals surface area contributed by atoms with Crippen LogP contribution in [0.25, 0.3) is 0 Å². The van der Waals surface area contributed by atoms with Gasteiger partial charge in [0.05, 0.1) is 19.9 Å². The lowest BCUT2D eigenvalue weighted by molar-refractivity contribution is 0.273. The van der Waals surface area contributed by atoms with Gasteiger partial charge in [-0.05, 0) is 17.7 Å². The van der Waals surface area contributed by atoms with Crippen LogP contribution >= 0.6 is 0 Å². The Kier molecular flexibility index (Phi) is 3.62. The van der Waals surface area contributed by atoms with Gasteiger partial charge in [-0.3, -0.25) is 0 Å². The van der Waals surface area contributed by atoms with Gasteiger partial charge >= 0.3 is 0 Å². The van der Waals surface area contributed by atoms with Crippen molar-refractivity contribution in [2.24, 2.45) is 0 Å². The highest BCUT2D eigenvalue weighted by molar-refractivity contribution is 5.42. The number of aliphatic hydroxyl groups is 1. The molecule has 0 aliphatic carbocycles. The molecule has 1 aromatic heterocycles. The molecule has 0 saturated carbocycles. The third kappa shape index (κ3) is 2.76. The maximum absolute atomic E-state index is 9.01. The lowest BCUT2D eigenvalue weighted by atomic mass is 10.2. The van der Waals surface area contributed by atoms with Crippen molar-refractivity contribution in [3.05, 3.63) is 41.8 Å². The van der Waals surface area contributed by atoms with Crippen LogP contribution in [0, 0.1) is 0 Å². The van der Waals surface area contributed by atoms with Crippen LogP contribution < -0.4 is 9.47 Å². The minimum atomic E-state index is -0.0255. The van der Waals surface area contributed by atoms with Crippen LogP contribution in [0.15, 0.2) is 35.2 Å². The summed E-state index contributed by atoms with van der Waals surface area (Å²) >= 11 is 0. The fraction of sp³-hybridized carbons (Fsp3) is 0.250. The van der Waals surface area contributed by atoms with Gasteiger partial charge in [0.25, 0.3) is 0 Å². The van der Waals surface area contributed by atoms with Crippen molar-refractivity contribution in [1.29, 1.82) is 0 Å². The van der Waals surface area contributed by atoms with Gasteiger partial charge in [0.2, 0.25) is 0 Å². The van der Waals surface area contributed by atoms with Gasteiger partial charge < -0.3 is 19.1 Å². The number of ether oxygens (including phenoxy) is 2. The fourth-order valence-electron chi connectivity index (χ4n) is 1.39. The molecule has 0 spiro atoms. The lowest BCUT2D eigenvalue weighted by Crippen LogP contribution is -1.97. The molecule has 1 aromatic carbocycles. The predicted molar refractivity (Wildman–Crippen MR) is 59.8 cm³/mol. The van der Waals surface area contributed by atoms with Crippen molar-refractivity contribution in [2.75, 3.05) is 7.11 Å². The van der Waals surface area contributed by atoms with E-state index in [1.54, 1.807) is 31.5 Å². The Balaban J connectivity index is 2.09. The standard InChI is InChI=1S/C12H13NO4/c1-15-12-4-9(6-14)2-3-11(12)16-7-10-5-13-17-8-10/h2-5,8,14H,6-7H2,1H3. The molecule has 0 saturated heterocycles. The van der Waals surface area contributed by atoms with Gasteiger partial charge in [0.15, 0.2) is 11.5 Å². The predicted octanol–water partition coefficient (Wildman–Crippen LogP) is 1.75. The summed E-state index contributed by atoms with van der Waals surface area (Å²) in [6.45, 7) is 0.334. The zero-order valence-electron chi connectivity index (χ0n) is 9.42. The summed E-state index contributed by atoms with van der Waals surface area (Å²) in [6, 6.07) is 5.28. The quantitative estimate of drug-likeness (QED) is 0.855. The average Bonchev–Trinajstić information content (AvgIpc) is 2.89. The van der Waals surface area contributed by atoms with Crippen molar-refractivity contribution in [3.63, 3.8) is 0 Å². The van der Waals surface area contributed by atoms with E-state index >= 15 is 0 Å². The molecule has 2 rings (SSSR count). The number of hydrogen-bond donors (Lipinski definition) is 1. The number of hydrogen-bond acceptors (Lipinski definition) is 5. The van der Waals surface area contributed by atoms with Gasteiger partial charge in [-0.1, -0.05) is 11.2 Å². The number of aromatic nitrogens is 1. The number of rotatable bonds is 5. The Morgan fingerprint density at radius 3 is 2.82 bits per heavy atom. The van der Waals surface area contributed by atoms with Crippen molar-refractivity contribution in [3.8, 4) is 11.5 Å². The van der Waals surface area contributed by atoms with Crippen LogP contribution in [0.1, 0.15) is 11.1 Å². The zero-order chi connectivity index (χ0) is 12.1. The summed E-state index contributed by atoms with van der Waals surface area (Å²) in [5.74, 6) is 1.21. The Morgan fingerprint density at radius 1 is 1.29 bits per heavy atom. The fourth-order valence-corrected chi connectivity index (χ4v) is 1.39. The van der Waals surface area contributed by atoms with Crippen molar-refractivity contribution >= 4 is 0 Å². The molecule has 90 valence electrons. The first-order valence-corrected chi connectivity index (χ1v) is 5.12. The maximum atomic E-state index is 9.01. The van der Waals surface area contributed by atoms with Gasteiger partial charge in [-0.25, -0.2) is 0 Å². The Labute approximate surface area is 98.6 Å². The Morgan fingerprint density at radius 2 is 2.18 bits per heavy atom. The second-order valence-electron chi connectivity index (χ2n) is 3.46. The van der Waals surface area contributed by atoms with E-state index in [9.17, 15) is 0 Å². The highest BCUT2D eigenvalue weighted by Gasteiger charge is 2.06. The monoisotopic (exact) mass is 235 g/mol. The highest BCUT2D eigenvalue weighted by Crippen LogP contribution is 2.28. The molecule has 1 heterocycles. The molecule has 0 amide bonds. The smallest absolute Gasteiger partial charge is 0.161 e. The average molecular weight is 235 g/mol. The van der Waals surface area contributed by atoms with Crippen molar-refractivity contribution < 1.29 is 19.1 Å². The largest absolute Gasteiger partial charge is 0.493 e. The normalized spacial score (nSPS) is 10.2. The van der Waals surface area contributed by atoms with E-state index in [2.05, 4.69) is 5.16 Å². The third-order valence-corrected chi connectivity index (χ3v) is 2.29. The maximum Gasteiger partial charge on any atom is 0.161 e. The molecule has 0 fully saturated rings. The molecule has 0 aliphatic heterocycles. The SMILES string of the molecule is COc1cc(CO)ccc1OCc1cnoc1. The van der Waals surface area contributed by atoms with Crippen LogP contribution in [0.2, 0.25) is 0 Å². The molecule has 5 heteroatoms. The molecule has 1 N–H and O–H groups in total. The summed E-state index contributed by atoms with van der Waals surface area (Å²) in [5.41, 5.74) is 1.62. The third-order valence-electron chi connectivity index (χ3n) is 2.29. The van der Waals surface area contributed by atoms with Crippen molar-refractivity contribution in [2.45, 2.75) is 13.2 Å². The van der Waals surface area contributed by atoms with E-state index in [0.717, 1.165) is 11.1 Å². The molecule has 5 nitrogen and oxygen atoms in total. The molecule has 0 bridgehead atoms. The van der Waals surface area contributed by atoms with Gasteiger partial charge in [-0.2, -0.15) is 0 Å². The molecule has 0 unspecified atom stereocenters. The van der Waals surface area contributed by atoms with E-state index in [4.69, 9.17) is 19.1 Å². The minimum absolute atomic E-state index is 0.0255. The second kappa shape index (κ2) is 5.36. The van der Waals surface area contributed by atoms with E-state index < -0.39 is 0 Å². The topological polar surface area (TPSA) is 64.7 Å². The summed E-state index contributed by atoms with van der Waals surface area (Å²) in [7, 11) is 1.56. The van der Waals surface area contributed by atoms with E-state index in [0.29, 0.717) is 18.1 Å². The molecule has 0 aliphatic rings. The highest BCUT2D eigenvalue weighted by atomic mass is 16.5. The first-order valence-electron chi connectivity index (χ1n) is 5.12. The molecular formula is C12H13NO4. The second-order valence-corrected chi connectivity index (χ2v) is 3.46. The van der Waals surface area contributed by atoms with Crippen LogP contribution in [-0.4, -0.2) is 17.4 Å². The van der Waals surface area contributed by atoms with E-state index in [1.165, 1.54) is 6.26 Å². The summed E-state index contributed by atoms with van der Waals surface area (Å²) in [4.78, 5) is 0. The minimum Gasteiger partial charge on any atom is -0.493 e. The summed E-state index contributed by atoms with van der Waals surface area (Å²) in [6.07, 6.45) is 3.11. The number of nitrogens with zero attached hydrogens (tertiary/aromatic N) is 1. The Bertz CT molecular complexity index is 467. The van der Waals surface area contributed by atoms with Crippen LogP contribution in [0.5, 0.6) is 11.5 Å². The number of methoxy groups -OCH3 is 1. The number of aliphatic hydroxyl groups excluding tert-OH is 1. The first-order chi connectivity index (χ1) is 8.33. The molecule has 0 radical (unpaired) electrons. The summed E-state index contributed by atoms with van der Waals surface area (Å²) in [5, 5.41) is 12.6. The van der Waals surface area contributed by atoms with Gasteiger partial charge in [-0.15, -0.1) is 0 Å². The van der Waals surface area contributed by atoms with E-state index in [1.807, 2.05) is 0 Å². The van der Waals surface area contributed by atoms with E-state index in [-0.39, 0.29) is 6.61 Å². The van der Waals surface area contributed by atoms with Gasteiger partial charge in [0, 0.05) is 5.56 Å². The summed E-state index contributed by atoms with van der Waals surface area (Å²) < 4.78 is 15.4. The van der Waals surface area contributed by atoms with Crippen molar-refractivity contribution in [1.82, 2.24) is 5.16 Å². The van der Waals surface area contributed by atoms with Gasteiger partial charge in [0.1, 0.15) is 12.9 Å². The Hall–Kier alpha value is -2.01. The molecule has 2 aromatic rings. The first kappa shape index (κ1) is 11.5. The lowest BCUT2D eigenvalue weighted by Gasteiger charge is -2.10. The molecule has 0 atom stereocenters.